The Labute approximate surface area is 92.6 Å². The standard InChI is InChI=1S/C12H23NO2/c1-5-13-12(10(14)15-4)9-7-6-8-11(12,2)3/h13H,5-9H2,1-4H3. The van der Waals surface area contributed by atoms with Crippen molar-refractivity contribution in [2.75, 3.05) is 13.7 Å². The maximum atomic E-state index is 12.0. The minimum atomic E-state index is -0.477. The molecule has 0 saturated heterocycles. The molecule has 0 bridgehead atoms. The fourth-order valence-corrected chi connectivity index (χ4v) is 2.76. The summed E-state index contributed by atoms with van der Waals surface area (Å²) in [5, 5.41) is 3.36. The molecule has 1 aliphatic rings. The van der Waals surface area contributed by atoms with E-state index < -0.39 is 5.54 Å². The molecular weight excluding hydrogens is 190 g/mol. The van der Waals surface area contributed by atoms with Crippen molar-refractivity contribution in [1.29, 1.82) is 0 Å². The lowest BCUT2D eigenvalue weighted by atomic mass is 9.63. The maximum absolute atomic E-state index is 12.0. The van der Waals surface area contributed by atoms with Crippen molar-refractivity contribution < 1.29 is 9.53 Å². The van der Waals surface area contributed by atoms with Crippen LogP contribution in [0.2, 0.25) is 0 Å². The largest absolute Gasteiger partial charge is 0.468 e. The molecular formula is C12H23NO2. The summed E-state index contributed by atoms with van der Waals surface area (Å²) in [5.74, 6) is -0.103. The first-order chi connectivity index (χ1) is 7.00. The number of esters is 1. The molecule has 0 aliphatic heterocycles. The van der Waals surface area contributed by atoms with E-state index in [1.54, 1.807) is 0 Å². The second-order valence-corrected chi connectivity index (χ2v) is 5.02. The number of carbonyl (C=O) groups is 1. The van der Waals surface area contributed by atoms with Gasteiger partial charge in [-0.2, -0.15) is 0 Å². The average molecular weight is 213 g/mol. The van der Waals surface area contributed by atoms with Crippen molar-refractivity contribution in [3.63, 3.8) is 0 Å². The molecule has 3 nitrogen and oxygen atoms in total. The number of methoxy groups -OCH3 is 1. The number of rotatable bonds is 3. The van der Waals surface area contributed by atoms with Crippen LogP contribution < -0.4 is 5.32 Å². The summed E-state index contributed by atoms with van der Waals surface area (Å²) >= 11 is 0. The molecule has 1 N–H and O–H groups in total. The summed E-state index contributed by atoms with van der Waals surface area (Å²) in [6.45, 7) is 7.16. The Hall–Kier alpha value is -0.570. The third-order valence-corrected chi connectivity index (χ3v) is 3.77. The normalized spacial score (nSPS) is 29.9. The van der Waals surface area contributed by atoms with Gasteiger partial charge in [-0.3, -0.25) is 4.79 Å². The third kappa shape index (κ3) is 2.03. The quantitative estimate of drug-likeness (QED) is 0.730. The van der Waals surface area contributed by atoms with Gasteiger partial charge < -0.3 is 10.1 Å². The number of nitrogens with one attached hydrogen (secondary N) is 1. The highest BCUT2D eigenvalue weighted by atomic mass is 16.5. The van der Waals surface area contributed by atoms with Crippen molar-refractivity contribution in [1.82, 2.24) is 5.32 Å². The van der Waals surface area contributed by atoms with E-state index in [4.69, 9.17) is 4.74 Å². The molecule has 0 aromatic rings. The predicted molar refractivity (Wildman–Crippen MR) is 60.7 cm³/mol. The van der Waals surface area contributed by atoms with Crippen LogP contribution in [-0.2, 0) is 9.53 Å². The van der Waals surface area contributed by atoms with E-state index in [0.717, 1.165) is 25.8 Å². The van der Waals surface area contributed by atoms with Crippen LogP contribution in [0.15, 0.2) is 0 Å². The van der Waals surface area contributed by atoms with Gasteiger partial charge in [0.1, 0.15) is 5.54 Å². The molecule has 15 heavy (non-hydrogen) atoms. The van der Waals surface area contributed by atoms with Crippen molar-refractivity contribution in [2.24, 2.45) is 5.41 Å². The van der Waals surface area contributed by atoms with Gasteiger partial charge in [-0.1, -0.05) is 33.6 Å². The second-order valence-electron chi connectivity index (χ2n) is 5.02. The highest BCUT2D eigenvalue weighted by molar-refractivity contribution is 5.82. The van der Waals surface area contributed by atoms with E-state index in [1.807, 2.05) is 6.92 Å². The summed E-state index contributed by atoms with van der Waals surface area (Å²) in [6, 6.07) is 0. The van der Waals surface area contributed by atoms with Crippen LogP contribution in [-0.4, -0.2) is 25.2 Å². The molecule has 1 aliphatic carbocycles. The molecule has 0 radical (unpaired) electrons. The van der Waals surface area contributed by atoms with Gasteiger partial charge in [-0.05, 0) is 24.8 Å². The Bertz CT molecular complexity index is 234. The lowest BCUT2D eigenvalue weighted by molar-refractivity contribution is -0.157. The minimum absolute atomic E-state index is 0.0195. The molecule has 1 saturated carbocycles. The molecule has 1 rings (SSSR count). The molecule has 0 amide bonds. The first kappa shape index (κ1) is 12.5. The van der Waals surface area contributed by atoms with Crippen molar-refractivity contribution in [3.05, 3.63) is 0 Å². The van der Waals surface area contributed by atoms with Crippen LogP contribution in [0, 0.1) is 5.41 Å². The molecule has 0 heterocycles. The molecule has 1 atom stereocenters. The third-order valence-electron chi connectivity index (χ3n) is 3.77. The molecule has 88 valence electrons. The van der Waals surface area contributed by atoms with Crippen LogP contribution >= 0.6 is 0 Å². The highest BCUT2D eigenvalue weighted by Crippen LogP contribution is 2.44. The molecule has 3 heteroatoms. The fraction of sp³-hybridized carbons (Fsp3) is 0.917. The van der Waals surface area contributed by atoms with Crippen molar-refractivity contribution in [2.45, 2.75) is 52.0 Å². The summed E-state index contributed by atoms with van der Waals surface area (Å²) < 4.78 is 4.98. The molecule has 1 fully saturated rings. The second kappa shape index (κ2) is 4.52. The van der Waals surface area contributed by atoms with Gasteiger partial charge in [0.05, 0.1) is 7.11 Å². The zero-order valence-corrected chi connectivity index (χ0v) is 10.4. The van der Waals surface area contributed by atoms with E-state index in [9.17, 15) is 4.79 Å². The Morgan fingerprint density at radius 1 is 1.33 bits per heavy atom. The number of carbonyl (C=O) groups excluding carboxylic acids is 1. The summed E-state index contributed by atoms with van der Waals surface area (Å²) in [6.07, 6.45) is 4.28. The number of likely N-dealkylation sites (N-methyl/N-ethyl adjacent to an activating group) is 1. The fourth-order valence-electron chi connectivity index (χ4n) is 2.76. The average Bonchev–Trinajstić information content (AvgIpc) is 2.20. The number of hydrogen-bond acceptors (Lipinski definition) is 3. The Balaban J connectivity index is 3.00. The smallest absolute Gasteiger partial charge is 0.326 e. The monoisotopic (exact) mass is 213 g/mol. The number of ether oxygens (including phenoxy) is 1. The SMILES string of the molecule is CCNC1(C(=O)OC)CCCCC1(C)C. The predicted octanol–water partition coefficient (Wildman–Crippen LogP) is 2.11. The van der Waals surface area contributed by atoms with Gasteiger partial charge in [0.25, 0.3) is 0 Å². The lowest BCUT2D eigenvalue weighted by Crippen LogP contribution is -2.63. The van der Waals surface area contributed by atoms with Crippen LogP contribution in [0.3, 0.4) is 0 Å². The first-order valence-electron chi connectivity index (χ1n) is 5.83. The van der Waals surface area contributed by atoms with Gasteiger partial charge >= 0.3 is 5.97 Å². The zero-order chi connectivity index (χ0) is 11.5. The Kier molecular flexibility index (Phi) is 3.77. The Morgan fingerprint density at radius 3 is 2.40 bits per heavy atom. The highest BCUT2D eigenvalue weighted by Gasteiger charge is 2.52. The molecule has 0 aromatic heterocycles. The van der Waals surface area contributed by atoms with E-state index in [2.05, 4.69) is 19.2 Å². The topological polar surface area (TPSA) is 38.3 Å². The van der Waals surface area contributed by atoms with Gasteiger partial charge in [0, 0.05) is 0 Å². The van der Waals surface area contributed by atoms with Crippen LogP contribution in [0.1, 0.15) is 46.5 Å². The summed E-state index contributed by atoms with van der Waals surface area (Å²) in [5.41, 5.74) is -0.497. The van der Waals surface area contributed by atoms with E-state index in [1.165, 1.54) is 13.5 Å². The van der Waals surface area contributed by atoms with Crippen molar-refractivity contribution in [3.8, 4) is 0 Å². The summed E-state index contributed by atoms with van der Waals surface area (Å²) in [7, 11) is 1.48. The molecule has 0 aromatic carbocycles. The maximum Gasteiger partial charge on any atom is 0.326 e. The molecule has 1 unspecified atom stereocenters. The molecule has 0 spiro atoms. The van der Waals surface area contributed by atoms with E-state index >= 15 is 0 Å². The van der Waals surface area contributed by atoms with E-state index in [-0.39, 0.29) is 11.4 Å². The number of hydrogen-bond donors (Lipinski definition) is 1. The van der Waals surface area contributed by atoms with Crippen LogP contribution in [0.25, 0.3) is 0 Å². The first-order valence-corrected chi connectivity index (χ1v) is 5.83. The van der Waals surface area contributed by atoms with Crippen LogP contribution in [0.4, 0.5) is 0 Å². The van der Waals surface area contributed by atoms with Crippen molar-refractivity contribution >= 4 is 5.97 Å². The van der Waals surface area contributed by atoms with E-state index in [0.29, 0.717) is 0 Å². The van der Waals surface area contributed by atoms with Gasteiger partial charge in [0.15, 0.2) is 0 Å². The Morgan fingerprint density at radius 2 is 1.93 bits per heavy atom. The van der Waals surface area contributed by atoms with Gasteiger partial charge in [-0.15, -0.1) is 0 Å². The lowest BCUT2D eigenvalue weighted by Gasteiger charge is -2.48. The summed E-state index contributed by atoms with van der Waals surface area (Å²) in [4.78, 5) is 12.0. The van der Waals surface area contributed by atoms with Crippen LogP contribution in [0.5, 0.6) is 0 Å². The van der Waals surface area contributed by atoms with Gasteiger partial charge in [0.2, 0.25) is 0 Å². The van der Waals surface area contributed by atoms with Gasteiger partial charge in [-0.25, -0.2) is 0 Å². The minimum Gasteiger partial charge on any atom is -0.468 e. The zero-order valence-electron chi connectivity index (χ0n) is 10.4.